The Morgan fingerprint density at radius 3 is 2.63 bits per heavy atom. The van der Waals surface area contributed by atoms with Gasteiger partial charge < -0.3 is 10.6 Å². The summed E-state index contributed by atoms with van der Waals surface area (Å²) >= 11 is 0. The van der Waals surface area contributed by atoms with Gasteiger partial charge in [0.05, 0.1) is 11.9 Å². The molecule has 0 aliphatic carbocycles. The van der Waals surface area contributed by atoms with Crippen molar-refractivity contribution in [2.75, 3.05) is 5.32 Å². The zero-order chi connectivity index (χ0) is 13.5. The SMILES string of the molecule is Cc1ccc(NC(=O)N/C=C/c2ccccc2)cn1. The first kappa shape index (κ1) is 12.8. The van der Waals surface area contributed by atoms with E-state index < -0.39 is 0 Å². The van der Waals surface area contributed by atoms with E-state index in [9.17, 15) is 4.79 Å². The van der Waals surface area contributed by atoms with Crippen LogP contribution in [0.15, 0.2) is 54.9 Å². The third kappa shape index (κ3) is 4.27. The Balaban J connectivity index is 1.85. The number of carbonyl (C=O) groups excluding carboxylic acids is 1. The van der Waals surface area contributed by atoms with Crippen molar-refractivity contribution in [3.63, 3.8) is 0 Å². The fourth-order valence-electron chi connectivity index (χ4n) is 1.49. The smallest absolute Gasteiger partial charge is 0.314 e. The highest BCUT2D eigenvalue weighted by molar-refractivity contribution is 5.90. The van der Waals surface area contributed by atoms with Crippen LogP contribution in [0.2, 0.25) is 0 Å². The molecule has 1 aromatic heterocycles. The fourth-order valence-corrected chi connectivity index (χ4v) is 1.49. The summed E-state index contributed by atoms with van der Waals surface area (Å²) in [6, 6.07) is 13.1. The predicted octanol–water partition coefficient (Wildman–Crippen LogP) is 3.18. The van der Waals surface area contributed by atoms with Gasteiger partial charge in [0.25, 0.3) is 0 Å². The van der Waals surface area contributed by atoms with E-state index in [1.54, 1.807) is 12.4 Å². The molecule has 0 aliphatic heterocycles. The Morgan fingerprint density at radius 2 is 1.95 bits per heavy atom. The lowest BCUT2D eigenvalue weighted by Crippen LogP contribution is -2.23. The first-order chi connectivity index (χ1) is 9.24. The van der Waals surface area contributed by atoms with E-state index in [0.717, 1.165) is 11.3 Å². The van der Waals surface area contributed by atoms with E-state index in [1.807, 2.05) is 55.5 Å². The summed E-state index contributed by atoms with van der Waals surface area (Å²) in [4.78, 5) is 15.7. The fraction of sp³-hybridized carbons (Fsp3) is 0.0667. The highest BCUT2D eigenvalue weighted by atomic mass is 16.2. The number of benzene rings is 1. The highest BCUT2D eigenvalue weighted by Crippen LogP contribution is 2.05. The summed E-state index contributed by atoms with van der Waals surface area (Å²) < 4.78 is 0. The van der Waals surface area contributed by atoms with Crippen LogP contribution in [0.3, 0.4) is 0 Å². The Bertz CT molecular complexity index is 562. The van der Waals surface area contributed by atoms with Gasteiger partial charge in [-0.15, -0.1) is 0 Å². The van der Waals surface area contributed by atoms with Crippen LogP contribution in [0, 0.1) is 6.92 Å². The van der Waals surface area contributed by atoms with Crippen molar-refractivity contribution in [1.82, 2.24) is 10.3 Å². The minimum atomic E-state index is -0.294. The molecule has 0 atom stereocenters. The van der Waals surface area contributed by atoms with Gasteiger partial charge in [0.2, 0.25) is 0 Å². The molecule has 0 saturated carbocycles. The standard InChI is InChI=1S/C15H15N3O/c1-12-7-8-14(11-17-12)18-15(19)16-10-9-13-5-3-2-4-6-13/h2-11H,1H3,(H2,16,18,19)/b10-9+. The summed E-state index contributed by atoms with van der Waals surface area (Å²) in [6.07, 6.45) is 5.05. The largest absolute Gasteiger partial charge is 0.323 e. The van der Waals surface area contributed by atoms with Crippen molar-refractivity contribution in [2.24, 2.45) is 0 Å². The van der Waals surface area contributed by atoms with Gasteiger partial charge in [-0.25, -0.2) is 4.79 Å². The maximum Gasteiger partial charge on any atom is 0.323 e. The van der Waals surface area contributed by atoms with Crippen molar-refractivity contribution in [1.29, 1.82) is 0 Å². The number of amides is 2. The van der Waals surface area contributed by atoms with Crippen LogP contribution < -0.4 is 10.6 Å². The van der Waals surface area contributed by atoms with Crippen LogP contribution in [0.1, 0.15) is 11.3 Å². The molecule has 1 aromatic carbocycles. The number of anilines is 1. The Labute approximate surface area is 112 Å². The van der Waals surface area contributed by atoms with Crippen LogP contribution in [0.4, 0.5) is 10.5 Å². The first-order valence-corrected chi connectivity index (χ1v) is 5.96. The molecule has 0 aliphatic rings. The first-order valence-electron chi connectivity index (χ1n) is 5.96. The van der Waals surface area contributed by atoms with Gasteiger partial charge in [-0.2, -0.15) is 0 Å². The molecular formula is C15H15N3O. The summed E-state index contributed by atoms with van der Waals surface area (Å²) in [5.41, 5.74) is 2.60. The van der Waals surface area contributed by atoms with Gasteiger partial charge in [0.15, 0.2) is 0 Å². The Morgan fingerprint density at radius 1 is 1.16 bits per heavy atom. The van der Waals surface area contributed by atoms with Crippen LogP contribution in [0.5, 0.6) is 0 Å². The lowest BCUT2D eigenvalue weighted by atomic mass is 10.2. The third-order valence-corrected chi connectivity index (χ3v) is 2.46. The number of aryl methyl sites for hydroxylation is 1. The molecule has 0 fully saturated rings. The maximum atomic E-state index is 11.6. The average molecular weight is 253 g/mol. The lowest BCUT2D eigenvalue weighted by Gasteiger charge is -2.04. The Hall–Kier alpha value is -2.62. The van der Waals surface area contributed by atoms with Crippen molar-refractivity contribution in [3.05, 3.63) is 66.1 Å². The van der Waals surface area contributed by atoms with Crippen LogP contribution in [0.25, 0.3) is 6.08 Å². The second-order valence-electron chi connectivity index (χ2n) is 4.03. The second kappa shape index (κ2) is 6.35. The number of nitrogens with one attached hydrogen (secondary N) is 2. The number of carbonyl (C=O) groups is 1. The minimum absolute atomic E-state index is 0.294. The van der Waals surface area contributed by atoms with Gasteiger partial charge in [-0.3, -0.25) is 4.98 Å². The number of hydrogen-bond acceptors (Lipinski definition) is 2. The van der Waals surface area contributed by atoms with Crippen LogP contribution >= 0.6 is 0 Å². The monoisotopic (exact) mass is 253 g/mol. The molecule has 2 aromatic rings. The lowest BCUT2D eigenvalue weighted by molar-refractivity contribution is 0.255. The van der Waals surface area contributed by atoms with Crippen molar-refractivity contribution >= 4 is 17.8 Å². The zero-order valence-corrected chi connectivity index (χ0v) is 10.6. The highest BCUT2D eigenvalue weighted by Gasteiger charge is 1.98. The van der Waals surface area contributed by atoms with E-state index >= 15 is 0 Å². The van der Waals surface area contributed by atoms with E-state index in [1.165, 1.54) is 0 Å². The number of nitrogens with zero attached hydrogens (tertiary/aromatic N) is 1. The predicted molar refractivity (Wildman–Crippen MR) is 76.6 cm³/mol. The topological polar surface area (TPSA) is 54.0 Å². The molecule has 2 N–H and O–H groups in total. The van der Waals surface area contributed by atoms with E-state index in [0.29, 0.717) is 5.69 Å². The molecule has 4 heteroatoms. The molecule has 2 rings (SSSR count). The second-order valence-corrected chi connectivity index (χ2v) is 4.03. The molecule has 0 unspecified atom stereocenters. The number of hydrogen-bond donors (Lipinski definition) is 2. The summed E-state index contributed by atoms with van der Waals surface area (Å²) in [7, 11) is 0. The van der Waals surface area contributed by atoms with E-state index in [2.05, 4.69) is 15.6 Å². The minimum Gasteiger partial charge on any atom is -0.314 e. The molecule has 0 radical (unpaired) electrons. The van der Waals surface area contributed by atoms with Gasteiger partial charge in [0.1, 0.15) is 0 Å². The molecule has 0 saturated heterocycles. The summed E-state index contributed by atoms with van der Waals surface area (Å²) in [5, 5.41) is 5.33. The van der Waals surface area contributed by atoms with Crippen LogP contribution in [-0.2, 0) is 0 Å². The number of urea groups is 1. The normalized spacial score (nSPS) is 10.4. The van der Waals surface area contributed by atoms with Crippen LogP contribution in [-0.4, -0.2) is 11.0 Å². The van der Waals surface area contributed by atoms with Crippen molar-refractivity contribution in [3.8, 4) is 0 Å². The average Bonchev–Trinajstić information content (AvgIpc) is 2.43. The molecule has 96 valence electrons. The number of aromatic nitrogens is 1. The zero-order valence-electron chi connectivity index (χ0n) is 10.6. The molecular weight excluding hydrogens is 238 g/mol. The quantitative estimate of drug-likeness (QED) is 0.882. The third-order valence-electron chi connectivity index (χ3n) is 2.46. The van der Waals surface area contributed by atoms with Gasteiger partial charge in [-0.05, 0) is 30.7 Å². The molecule has 0 bridgehead atoms. The van der Waals surface area contributed by atoms with E-state index in [-0.39, 0.29) is 6.03 Å². The van der Waals surface area contributed by atoms with E-state index in [4.69, 9.17) is 0 Å². The summed E-state index contributed by atoms with van der Waals surface area (Å²) in [6.45, 7) is 1.90. The van der Waals surface area contributed by atoms with Gasteiger partial charge in [0, 0.05) is 11.9 Å². The maximum absolute atomic E-state index is 11.6. The van der Waals surface area contributed by atoms with Crippen molar-refractivity contribution in [2.45, 2.75) is 6.92 Å². The molecule has 0 spiro atoms. The number of rotatable bonds is 3. The molecule has 4 nitrogen and oxygen atoms in total. The summed E-state index contributed by atoms with van der Waals surface area (Å²) in [5.74, 6) is 0. The molecule has 2 amide bonds. The van der Waals surface area contributed by atoms with Gasteiger partial charge >= 0.3 is 6.03 Å². The Kier molecular flexibility index (Phi) is 4.29. The molecule has 1 heterocycles. The van der Waals surface area contributed by atoms with Gasteiger partial charge in [-0.1, -0.05) is 30.3 Å². The molecule has 19 heavy (non-hydrogen) atoms. The van der Waals surface area contributed by atoms with Crippen molar-refractivity contribution < 1.29 is 4.79 Å². The number of pyridine rings is 1.